The minimum Gasteiger partial charge on any atom is -0.465 e. The fourth-order valence-electron chi connectivity index (χ4n) is 1.57. The van der Waals surface area contributed by atoms with E-state index in [0.29, 0.717) is 18.7 Å². The number of esters is 1. The molecule has 0 aliphatic rings. The SMILES string of the molecule is O=C(CCNC(=O)c1ccsc1)OCCc1cccs1. The third kappa shape index (κ3) is 4.79. The summed E-state index contributed by atoms with van der Waals surface area (Å²) in [6.45, 7) is 0.685. The Bertz CT molecular complexity index is 535. The van der Waals surface area contributed by atoms with E-state index in [-0.39, 0.29) is 18.3 Å². The van der Waals surface area contributed by atoms with Crippen molar-refractivity contribution in [3.63, 3.8) is 0 Å². The summed E-state index contributed by atoms with van der Waals surface area (Å²) in [5.41, 5.74) is 0.626. The lowest BCUT2D eigenvalue weighted by molar-refractivity contribution is -0.143. The molecule has 0 bridgehead atoms. The van der Waals surface area contributed by atoms with Gasteiger partial charge in [-0.15, -0.1) is 11.3 Å². The Labute approximate surface area is 125 Å². The maximum atomic E-state index is 11.6. The topological polar surface area (TPSA) is 55.4 Å². The summed E-state index contributed by atoms with van der Waals surface area (Å²) in [5.74, 6) is -0.440. The third-order valence-electron chi connectivity index (χ3n) is 2.59. The Morgan fingerprint density at radius 1 is 1.25 bits per heavy atom. The molecule has 1 amide bonds. The number of hydrogen-bond acceptors (Lipinski definition) is 5. The summed E-state index contributed by atoms with van der Waals surface area (Å²) in [4.78, 5) is 24.3. The van der Waals surface area contributed by atoms with Crippen LogP contribution in [-0.2, 0) is 16.0 Å². The first kappa shape index (κ1) is 14.7. The van der Waals surface area contributed by atoms with Gasteiger partial charge in [-0.25, -0.2) is 0 Å². The second-order valence-electron chi connectivity index (χ2n) is 4.07. The first-order valence-electron chi connectivity index (χ1n) is 6.24. The molecule has 2 aromatic heterocycles. The molecule has 0 aromatic carbocycles. The molecule has 2 aromatic rings. The fraction of sp³-hybridized carbons (Fsp3) is 0.286. The number of carbonyl (C=O) groups is 2. The number of nitrogens with one attached hydrogen (secondary N) is 1. The van der Waals surface area contributed by atoms with Crippen LogP contribution < -0.4 is 5.32 Å². The summed E-state index contributed by atoms with van der Waals surface area (Å²) < 4.78 is 5.11. The second-order valence-corrected chi connectivity index (χ2v) is 5.88. The van der Waals surface area contributed by atoms with E-state index < -0.39 is 0 Å². The highest BCUT2D eigenvalue weighted by Gasteiger charge is 2.07. The molecule has 20 heavy (non-hydrogen) atoms. The predicted octanol–water partition coefficient (Wildman–Crippen LogP) is 2.72. The minimum atomic E-state index is -0.285. The van der Waals surface area contributed by atoms with Crippen molar-refractivity contribution >= 4 is 34.6 Å². The average Bonchev–Trinajstić information content (AvgIpc) is 3.12. The average molecular weight is 309 g/mol. The lowest BCUT2D eigenvalue weighted by Gasteiger charge is -2.05. The maximum absolute atomic E-state index is 11.6. The molecule has 2 rings (SSSR count). The zero-order chi connectivity index (χ0) is 14.2. The Morgan fingerprint density at radius 2 is 2.15 bits per heavy atom. The molecule has 2 heterocycles. The molecule has 6 heteroatoms. The molecule has 0 aliphatic heterocycles. The van der Waals surface area contributed by atoms with E-state index in [1.165, 1.54) is 16.2 Å². The Morgan fingerprint density at radius 3 is 2.85 bits per heavy atom. The van der Waals surface area contributed by atoms with Crippen LogP contribution in [0.5, 0.6) is 0 Å². The number of carbonyl (C=O) groups excluding carboxylic acids is 2. The van der Waals surface area contributed by atoms with Gasteiger partial charge in [-0.3, -0.25) is 9.59 Å². The molecule has 0 fully saturated rings. The van der Waals surface area contributed by atoms with Gasteiger partial charge >= 0.3 is 5.97 Å². The number of ether oxygens (including phenoxy) is 1. The largest absolute Gasteiger partial charge is 0.465 e. The van der Waals surface area contributed by atoms with Crippen molar-refractivity contribution in [3.05, 3.63) is 44.8 Å². The highest BCUT2D eigenvalue weighted by Crippen LogP contribution is 2.09. The van der Waals surface area contributed by atoms with E-state index >= 15 is 0 Å². The van der Waals surface area contributed by atoms with Crippen LogP contribution >= 0.6 is 22.7 Å². The Hall–Kier alpha value is -1.66. The lowest BCUT2D eigenvalue weighted by Crippen LogP contribution is -2.26. The molecule has 1 N–H and O–H groups in total. The van der Waals surface area contributed by atoms with Gasteiger partial charge in [0.25, 0.3) is 5.91 Å². The van der Waals surface area contributed by atoms with Crippen molar-refractivity contribution in [3.8, 4) is 0 Å². The van der Waals surface area contributed by atoms with Crippen molar-refractivity contribution in [2.75, 3.05) is 13.2 Å². The van der Waals surface area contributed by atoms with Crippen LogP contribution in [0.4, 0.5) is 0 Å². The van der Waals surface area contributed by atoms with Crippen molar-refractivity contribution in [2.24, 2.45) is 0 Å². The second kappa shape index (κ2) is 7.81. The summed E-state index contributed by atoms with van der Waals surface area (Å²) in [6, 6.07) is 5.74. The summed E-state index contributed by atoms with van der Waals surface area (Å²) >= 11 is 3.11. The summed E-state index contributed by atoms with van der Waals surface area (Å²) in [7, 11) is 0. The van der Waals surface area contributed by atoms with Gasteiger partial charge in [0.05, 0.1) is 13.0 Å². The first-order valence-corrected chi connectivity index (χ1v) is 8.06. The van der Waals surface area contributed by atoms with E-state index in [1.807, 2.05) is 22.9 Å². The first-order chi connectivity index (χ1) is 9.75. The number of thiophene rings is 2. The highest BCUT2D eigenvalue weighted by atomic mass is 32.1. The molecule has 0 atom stereocenters. The Kier molecular flexibility index (Phi) is 5.76. The van der Waals surface area contributed by atoms with Gasteiger partial charge in [0, 0.05) is 28.8 Å². The van der Waals surface area contributed by atoms with Gasteiger partial charge in [-0.2, -0.15) is 11.3 Å². The fourth-order valence-corrected chi connectivity index (χ4v) is 2.89. The third-order valence-corrected chi connectivity index (χ3v) is 4.21. The number of rotatable bonds is 7. The smallest absolute Gasteiger partial charge is 0.307 e. The number of hydrogen-bond donors (Lipinski definition) is 1. The Balaban J connectivity index is 1.57. The summed E-state index contributed by atoms with van der Waals surface area (Å²) in [5, 5.41) is 8.30. The normalized spacial score (nSPS) is 10.2. The van der Waals surface area contributed by atoms with E-state index in [2.05, 4.69) is 5.32 Å². The molecule has 106 valence electrons. The van der Waals surface area contributed by atoms with Crippen molar-refractivity contribution < 1.29 is 14.3 Å². The monoisotopic (exact) mass is 309 g/mol. The standard InChI is InChI=1S/C14H15NO3S2/c16-13(18-7-4-12-2-1-8-20-12)3-6-15-14(17)11-5-9-19-10-11/h1-2,5,8-10H,3-4,6-7H2,(H,15,17). The van der Waals surface area contributed by atoms with Crippen molar-refractivity contribution in [1.29, 1.82) is 0 Å². The molecular formula is C14H15NO3S2. The molecule has 0 aliphatic carbocycles. The molecule has 4 nitrogen and oxygen atoms in total. The maximum Gasteiger partial charge on any atom is 0.307 e. The molecule has 0 saturated heterocycles. The van der Waals surface area contributed by atoms with Crippen LogP contribution in [0.1, 0.15) is 21.7 Å². The van der Waals surface area contributed by atoms with Crippen molar-refractivity contribution in [2.45, 2.75) is 12.8 Å². The molecule has 0 radical (unpaired) electrons. The van der Waals surface area contributed by atoms with Crippen LogP contribution in [-0.4, -0.2) is 25.0 Å². The van der Waals surface area contributed by atoms with Crippen LogP contribution in [0.15, 0.2) is 34.3 Å². The van der Waals surface area contributed by atoms with Crippen LogP contribution in [0, 0.1) is 0 Å². The minimum absolute atomic E-state index is 0.155. The molecular weight excluding hydrogens is 294 g/mol. The molecule has 0 unspecified atom stereocenters. The predicted molar refractivity (Wildman–Crippen MR) is 80.3 cm³/mol. The van der Waals surface area contributed by atoms with Gasteiger partial charge in [0.15, 0.2) is 0 Å². The van der Waals surface area contributed by atoms with Gasteiger partial charge in [-0.1, -0.05) is 6.07 Å². The van der Waals surface area contributed by atoms with E-state index in [9.17, 15) is 9.59 Å². The summed E-state index contributed by atoms with van der Waals surface area (Å²) in [6.07, 6.45) is 0.936. The lowest BCUT2D eigenvalue weighted by atomic mass is 10.3. The zero-order valence-corrected chi connectivity index (χ0v) is 12.5. The van der Waals surface area contributed by atoms with E-state index in [0.717, 1.165) is 6.42 Å². The van der Waals surface area contributed by atoms with E-state index in [1.54, 1.807) is 22.8 Å². The van der Waals surface area contributed by atoms with Gasteiger partial charge < -0.3 is 10.1 Å². The van der Waals surface area contributed by atoms with Crippen LogP contribution in [0.3, 0.4) is 0 Å². The zero-order valence-electron chi connectivity index (χ0n) is 10.8. The van der Waals surface area contributed by atoms with Gasteiger partial charge in [0.1, 0.15) is 0 Å². The van der Waals surface area contributed by atoms with Crippen LogP contribution in [0.2, 0.25) is 0 Å². The van der Waals surface area contributed by atoms with Crippen LogP contribution in [0.25, 0.3) is 0 Å². The molecule has 0 saturated carbocycles. The van der Waals surface area contributed by atoms with E-state index in [4.69, 9.17) is 4.74 Å². The van der Waals surface area contributed by atoms with Crippen molar-refractivity contribution in [1.82, 2.24) is 5.32 Å². The molecule has 0 spiro atoms. The van der Waals surface area contributed by atoms with Gasteiger partial charge in [0.2, 0.25) is 0 Å². The number of amides is 1. The highest BCUT2D eigenvalue weighted by molar-refractivity contribution is 7.09. The quantitative estimate of drug-likeness (QED) is 0.800. The van der Waals surface area contributed by atoms with Gasteiger partial charge in [-0.05, 0) is 22.9 Å².